The first-order chi connectivity index (χ1) is 14.2. The van der Waals surface area contributed by atoms with Crippen LogP contribution in [0.5, 0.6) is 0 Å². The maximum absolute atomic E-state index is 12.4. The lowest BCUT2D eigenvalue weighted by Crippen LogP contribution is -2.22. The van der Waals surface area contributed by atoms with Crippen LogP contribution < -0.4 is 10.6 Å². The zero-order chi connectivity index (χ0) is 20.2. The number of hydrogen-bond acceptors (Lipinski definition) is 4. The van der Waals surface area contributed by atoms with Gasteiger partial charge >= 0.3 is 0 Å². The third kappa shape index (κ3) is 4.09. The molecule has 148 valence electrons. The fraction of sp³-hybridized carbons (Fsp3) is 0.250. The van der Waals surface area contributed by atoms with Crippen molar-refractivity contribution in [2.24, 2.45) is 0 Å². The standard InChI is InChI=1S/C24H26N4O/c1-3-28-16-22-21(24(28)29)13-14-25-23(22)27-17(2)19-11-9-18(10-12-19)15-26-20-7-5-4-6-8-20/h4-14,17,26H,3,15-16H2,1-2H3,(H,25,27)/t17-/m0/s1. The normalized spacial score (nSPS) is 13.9. The molecule has 29 heavy (non-hydrogen) atoms. The highest BCUT2D eigenvalue weighted by molar-refractivity contribution is 5.99. The number of hydrogen-bond donors (Lipinski definition) is 2. The molecule has 0 saturated heterocycles. The Morgan fingerprint density at radius 1 is 1.07 bits per heavy atom. The van der Waals surface area contributed by atoms with Gasteiger partial charge in [-0.15, -0.1) is 0 Å². The Kier molecular flexibility index (Phi) is 5.47. The van der Waals surface area contributed by atoms with E-state index in [0.717, 1.165) is 29.2 Å². The zero-order valence-corrected chi connectivity index (χ0v) is 16.9. The second kappa shape index (κ2) is 8.35. The van der Waals surface area contributed by atoms with Crippen LogP contribution in [0.4, 0.5) is 11.5 Å². The minimum absolute atomic E-state index is 0.0934. The number of pyridine rings is 1. The second-order valence-corrected chi connectivity index (χ2v) is 7.33. The molecule has 0 radical (unpaired) electrons. The van der Waals surface area contributed by atoms with Gasteiger partial charge in [0.05, 0.1) is 6.54 Å². The van der Waals surface area contributed by atoms with Gasteiger partial charge in [-0.05, 0) is 43.2 Å². The minimum Gasteiger partial charge on any atom is -0.381 e. The predicted molar refractivity (Wildman–Crippen MR) is 117 cm³/mol. The number of anilines is 2. The van der Waals surface area contributed by atoms with Crippen LogP contribution in [0.1, 0.15) is 46.9 Å². The van der Waals surface area contributed by atoms with Crippen molar-refractivity contribution in [3.05, 3.63) is 89.1 Å². The Morgan fingerprint density at radius 3 is 2.55 bits per heavy atom. The van der Waals surface area contributed by atoms with Crippen LogP contribution in [-0.4, -0.2) is 22.3 Å². The number of fused-ring (bicyclic) bond motifs is 1. The number of nitrogens with one attached hydrogen (secondary N) is 2. The number of rotatable bonds is 7. The summed E-state index contributed by atoms with van der Waals surface area (Å²) >= 11 is 0. The van der Waals surface area contributed by atoms with Gasteiger partial charge in [-0.25, -0.2) is 4.98 Å². The Hall–Kier alpha value is -3.34. The van der Waals surface area contributed by atoms with Gasteiger partial charge in [0, 0.05) is 42.1 Å². The summed E-state index contributed by atoms with van der Waals surface area (Å²) in [5.41, 5.74) is 5.29. The van der Waals surface area contributed by atoms with Crippen LogP contribution in [-0.2, 0) is 13.1 Å². The van der Waals surface area contributed by atoms with Gasteiger partial charge in [0.1, 0.15) is 5.82 Å². The molecular formula is C24H26N4O. The first-order valence-corrected chi connectivity index (χ1v) is 10.1. The summed E-state index contributed by atoms with van der Waals surface area (Å²) in [4.78, 5) is 18.7. The summed E-state index contributed by atoms with van der Waals surface area (Å²) in [5.74, 6) is 0.894. The van der Waals surface area contributed by atoms with E-state index in [0.29, 0.717) is 13.1 Å². The van der Waals surface area contributed by atoms with Crippen molar-refractivity contribution in [1.29, 1.82) is 0 Å². The minimum atomic E-state index is 0.0934. The maximum atomic E-state index is 12.4. The number of amides is 1. The Labute approximate surface area is 171 Å². The van der Waals surface area contributed by atoms with Crippen LogP contribution in [0, 0.1) is 0 Å². The summed E-state index contributed by atoms with van der Waals surface area (Å²) in [5, 5.41) is 6.92. The monoisotopic (exact) mass is 386 g/mol. The summed E-state index contributed by atoms with van der Waals surface area (Å²) in [7, 11) is 0. The van der Waals surface area contributed by atoms with Gasteiger partial charge in [-0.2, -0.15) is 0 Å². The Bertz CT molecular complexity index is 986. The van der Waals surface area contributed by atoms with Gasteiger partial charge in [0.2, 0.25) is 0 Å². The lowest BCUT2D eigenvalue weighted by molar-refractivity contribution is 0.0787. The lowest BCUT2D eigenvalue weighted by atomic mass is 10.1. The fourth-order valence-corrected chi connectivity index (χ4v) is 3.64. The van der Waals surface area contributed by atoms with E-state index in [1.54, 1.807) is 6.20 Å². The van der Waals surface area contributed by atoms with E-state index in [-0.39, 0.29) is 11.9 Å². The lowest BCUT2D eigenvalue weighted by Gasteiger charge is -2.18. The first kappa shape index (κ1) is 19.0. The number of benzene rings is 2. The van der Waals surface area contributed by atoms with Gasteiger partial charge in [-0.1, -0.05) is 42.5 Å². The van der Waals surface area contributed by atoms with Crippen LogP contribution in [0.2, 0.25) is 0 Å². The largest absolute Gasteiger partial charge is 0.381 e. The number of nitrogens with zero attached hydrogens (tertiary/aromatic N) is 2. The number of carbonyl (C=O) groups is 1. The second-order valence-electron chi connectivity index (χ2n) is 7.33. The molecular weight excluding hydrogens is 360 g/mol. The fourth-order valence-electron chi connectivity index (χ4n) is 3.64. The molecule has 2 aromatic carbocycles. The molecule has 1 aromatic heterocycles. The van der Waals surface area contributed by atoms with Gasteiger partial charge in [-0.3, -0.25) is 4.79 Å². The SMILES string of the molecule is CCN1Cc2c(ccnc2N[C@@H](C)c2ccc(CNc3ccccc3)cc2)C1=O. The van der Waals surface area contributed by atoms with E-state index in [4.69, 9.17) is 0 Å². The Balaban J connectivity index is 1.42. The summed E-state index contributed by atoms with van der Waals surface area (Å²) < 4.78 is 0. The molecule has 1 aliphatic rings. The van der Waals surface area contributed by atoms with Crippen LogP contribution in [0.15, 0.2) is 66.9 Å². The van der Waals surface area contributed by atoms with Crippen molar-refractivity contribution in [1.82, 2.24) is 9.88 Å². The van der Waals surface area contributed by atoms with E-state index in [9.17, 15) is 4.79 Å². The number of para-hydroxylation sites is 1. The van der Waals surface area contributed by atoms with Crippen molar-refractivity contribution in [2.45, 2.75) is 33.0 Å². The molecule has 0 aliphatic carbocycles. The molecule has 0 spiro atoms. The highest BCUT2D eigenvalue weighted by Crippen LogP contribution is 2.29. The smallest absolute Gasteiger partial charge is 0.254 e. The predicted octanol–water partition coefficient (Wildman–Crippen LogP) is 4.84. The molecule has 0 bridgehead atoms. The molecule has 5 nitrogen and oxygen atoms in total. The molecule has 1 atom stereocenters. The van der Waals surface area contributed by atoms with Gasteiger partial charge in [0.15, 0.2) is 0 Å². The van der Waals surface area contributed by atoms with E-state index in [1.807, 2.05) is 36.1 Å². The van der Waals surface area contributed by atoms with Crippen molar-refractivity contribution in [2.75, 3.05) is 17.2 Å². The number of aromatic nitrogens is 1. The highest BCUT2D eigenvalue weighted by atomic mass is 16.2. The van der Waals surface area contributed by atoms with Crippen LogP contribution in [0.25, 0.3) is 0 Å². The Morgan fingerprint density at radius 2 is 1.83 bits per heavy atom. The quantitative estimate of drug-likeness (QED) is 0.610. The van der Waals surface area contributed by atoms with Crippen molar-refractivity contribution in [3.63, 3.8) is 0 Å². The maximum Gasteiger partial charge on any atom is 0.254 e. The molecule has 4 rings (SSSR count). The average Bonchev–Trinajstić information content (AvgIpc) is 3.10. The molecule has 5 heteroatoms. The first-order valence-electron chi connectivity index (χ1n) is 10.1. The molecule has 2 heterocycles. The number of carbonyl (C=O) groups excluding carboxylic acids is 1. The van der Waals surface area contributed by atoms with Crippen molar-refractivity contribution in [3.8, 4) is 0 Å². The van der Waals surface area contributed by atoms with E-state index >= 15 is 0 Å². The van der Waals surface area contributed by atoms with E-state index in [2.05, 4.69) is 58.9 Å². The average molecular weight is 386 g/mol. The summed E-state index contributed by atoms with van der Waals surface area (Å²) in [6.45, 7) is 6.24. The molecule has 0 fully saturated rings. The van der Waals surface area contributed by atoms with Crippen molar-refractivity contribution < 1.29 is 4.79 Å². The van der Waals surface area contributed by atoms with Gasteiger partial charge < -0.3 is 15.5 Å². The third-order valence-corrected chi connectivity index (χ3v) is 5.41. The topological polar surface area (TPSA) is 57.3 Å². The van der Waals surface area contributed by atoms with Crippen LogP contribution >= 0.6 is 0 Å². The van der Waals surface area contributed by atoms with E-state index in [1.165, 1.54) is 11.1 Å². The van der Waals surface area contributed by atoms with E-state index < -0.39 is 0 Å². The third-order valence-electron chi connectivity index (χ3n) is 5.41. The van der Waals surface area contributed by atoms with Gasteiger partial charge in [0.25, 0.3) is 5.91 Å². The zero-order valence-electron chi connectivity index (χ0n) is 16.9. The highest BCUT2D eigenvalue weighted by Gasteiger charge is 2.29. The molecule has 1 aliphatic heterocycles. The summed E-state index contributed by atoms with van der Waals surface area (Å²) in [6, 6.07) is 20.7. The van der Waals surface area contributed by atoms with Crippen LogP contribution in [0.3, 0.4) is 0 Å². The molecule has 1 amide bonds. The van der Waals surface area contributed by atoms with Crippen molar-refractivity contribution >= 4 is 17.4 Å². The molecule has 2 N–H and O–H groups in total. The summed E-state index contributed by atoms with van der Waals surface area (Å²) in [6.07, 6.45) is 1.71. The molecule has 3 aromatic rings. The molecule has 0 saturated carbocycles. The molecule has 0 unspecified atom stereocenters.